The quantitative estimate of drug-likeness (QED) is 0.747. The van der Waals surface area contributed by atoms with Gasteiger partial charge in [0.15, 0.2) is 0 Å². The molecule has 0 spiro atoms. The monoisotopic (exact) mass is 367 g/mol. The molecule has 1 aromatic carbocycles. The second-order valence-corrected chi connectivity index (χ2v) is 7.03. The van der Waals surface area contributed by atoms with Crippen LogP contribution in [-0.4, -0.2) is 39.0 Å². The van der Waals surface area contributed by atoms with Crippen molar-refractivity contribution in [3.05, 3.63) is 27.3 Å². The average molecular weight is 367 g/mol. The first kappa shape index (κ1) is 13.3. The Morgan fingerprint density at radius 1 is 1.29 bits per heavy atom. The smallest absolute Gasteiger partial charge is 0.243 e. The van der Waals surface area contributed by atoms with Gasteiger partial charge in [-0.15, -0.1) is 0 Å². The van der Waals surface area contributed by atoms with Crippen LogP contribution >= 0.6 is 22.6 Å². The molecule has 0 radical (unpaired) electrons. The minimum absolute atomic E-state index is 0.373. The van der Waals surface area contributed by atoms with Crippen LogP contribution in [0.25, 0.3) is 0 Å². The highest BCUT2D eigenvalue weighted by Gasteiger charge is 2.26. The van der Waals surface area contributed by atoms with Crippen LogP contribution in [0.4, 0.5) is 0 Å². The van der Waals surface area contributed by atoms with Gasteiger partial charge >= 0.3 is 0 Å². The third-order valence-corrected chi connectivity index (χ3v) is 5.84. The van der Waals surface area contributed by atoms with E-state index < -0.39 is 10.0 Å². The summed E-state index contributed by atoms with van der Waals surface area (Å²) in [5.74, 6) is 0. The lowest BCUT2D eigenvalue weighted by atomic mass is 10.2. The molecule has 0 aliphatic carbocycles. The maximum absolute atomic E-state index is 12.3. The summed E-state index contributed by atoms with van der Waals surface area (Å²) in [7, 11) is -3.35. The summed E-state index contributed by atoms with van der Waals surface area (Å²) in [5, 5.41) is 0. The van der Waals surface area contributed by atoms with E-state index in [9.17, 15) is 8.42 Å². The number of rotatable bonds is 2. The fourth-order valence-electron chi connectivity index (χ4n) is 1.71. The molecule has 2 rings (SSSR count). The molecule has 0 N–H and O–H groups in total. The Bertz CT molecular complexity index is 509. The fourth-order valence-corrected chi connectivity index (χ4v) is 3.54. The van der Waals surface area contributed by atoms with Crippen molar-refractivity contribution in [3.8, 4) is 0 Å². The summed E-state index contributed by atoms with van der Waals surface area (Å²) in [6.07, 6.45) is 0. The van der Waals surface area contributed by atoms with E-state index >= 15 is 0 Å². The Balaban J connectivity index is 2.33. The molecule has 0 atom stereocenters. The average Bonchev–Trinajstić information content (AvgIpc) is 2.33. The number of halogens is 1. The maximum Gasteiger partial charge on any atom is 0.243 e. The minimum atomic E-state index is -3.35. The zero-order chi connectivity index (χ0) is 12.5. The van der Waals surface area contributed by atoms with Crippen LogP contribution in [-0.2, 0) is 14.8 Å². The summed E-state index contributed by atoms with van der Waals surface area (Å²) in [4.78, 5) is 0.373. The normalized spacial score (nSPS) is 18.2. The van der Waals surface area contributed by atoms with Crippen LogP contribution in [0.1, 0.15) is 5.56 Å². The van der Waals surface area contributed by atoms with Crippen LogP contribution < -0.4 is 0 Å². The highest BCUT2D eigenvalue weighted by molar-refractivity contribution is 14.1. The summed E-state index contributed by atoms with van der Waals surface area (Å²) in [6, 6.07) is 5.23. The van der Waals surface area contributed by atoms with Gasteiger partial charge in [0.25, 0.3) is 0 Å². The van der Waals surface area contributed by atoms with Crippen molar-refractivity contribution < 1.29 is 13.2 Å². The van der Waals surface area contributed by atoms with E-state index in [1.807, 2.05) is 13.0 Å². The Morgan fingerprint density at radius 2 is 1.94 bits per heavy atom. The molecule has 94 valence electrons. The number of aryl methyl sites for hydroxylation is 1. The SMILES string of the molecule is Cc1cc(S(=O)(=O)N2CCOCC2)ccc1I. The number of sulfonamides is 1. The van der Waals surface area contributed by atoms with Gasteiger partial charge < -0.3 is 4.74 Å². The van der Waals surface area contributed by atoms with Gasteiger partial charge in [-0.2, -0.15) is 4.31 Å². The standard InChI is InChI=1S/C11H14INO3S/c1-9-8-10(2-3-11(9)12)17(14,15)13-4-6-16-7-5-13/h2-3,8H,4-7H2,1H3. The Morgan fingerprint density at radius 3 is 2.53 bits per heavy atom. The van der Waals surface area contributed by atoms with Crippen LogP contribution in [0.3, 0.4) is 0 Å². The van der Waals surface area contributed by atoms with Crippen molar-refractivity contribution in [3.63, 3.8) is 0 Å². The summed E-state index contributed by atoms with van der Waals surface area (Å²) >= 11 is 2.20. The molecule has 1 saturated heterocycles. The molecule has 6 heteroatoms. The molecule has 1 fully saturated rings. The third kappa shape index (κ3) is 2.81. The number of nitrogens with zero attached hydrogens (tertiary/aromatic N) is 1. The molecule has 1 aromatic rings. The zero-order valence-electron chi connectivity index (χ0n) is 9.52. The van der Waals surface area contributed by atoms with Crippen molar-refractivity contribution in [1.82, 2.24) is 4.31 Å². The molecule has 1 heterocycles. The van der Waals surface area contributed by atoms with E-state index in [4.69, 9.17) is 4.74 Å². The number of hydrogen-bond acceptors (Lipinski definition) is 3. The molecular formula is C11H14INO3S. The second kappa shape index (κ2) is 5.21. The number of benzene rings is 1. The summed E-state index contributed by atoms with van der Waals surface area (Å²) in [6.45, 7) is 3.74. The lowest BCUT2D eigenvalue weighted by Crippen LogP contribution is -2.40. The third-order valence-electron chi connectivity index (χ3n) is 2.74. The first-order chi connectivity index (χ1) is 8.01. The lowest BCUT2D eigenvalue weighted by molar-refractivity contribution is 0.0730. The molecule has 17 heavy (non-hydrogen) atoms. The van der Waals surface area contributed by atoms with Crippen LogP contribution in [0.2, 0.25) is 0 Å². The number of ether oxygens (including phenoxy) is 1. The highest BCUT2D eigenvalue weighted by Crippen LogP contribution is 2.21. The number of hydrogen-bond donors (Lipinski definition) is 0. The van der Waals surface area contributed by atoms with Gasteiger partial charge in [-0.05, 0) is 53.3 Å². The molecule has 4 nitrogen and oxygen atoms in total. The van der Waals surface area contributed by atoms with E-state index in [2.05, 4.69) is 22.6 Å². The molecule has 1 aliphatic rings. The van der Waals surface area contributed by atoms with Gasteiger partial charge in [0, 0.05) is 16.7 Å². The van der Waals surface area contributed by atoms with Crippen LogP contribution in [0.15, 0.2) is 23.1 Å². The Hall–Kier alpha value is -0.180. The van der Waals surface area contributed by atoms with Crippen molar-refractivity contribution in [2.24, 2.45) is 0 Å². The van der Waals surface area contributed by atoms with Crippen LogP contribution in [0.5, 0.6) is 0 Å². The van der Waals surface area contributed by atoms with Crippen LogP contribution in [0, 0.1) is 10.5 Å². The summed E-state index contributed by atoms with van der Waals surface area (Å²) < 4.78 is 32.4. The molecule has 0 unspecified atom stereocenters. The van der Waals surface area contributed by atoms with E-state index in [-0.39, 0.29) is 0 Å². The lowest BCUT2D eigenvalue weighted by Gasteiger charge is -2.26. The second-order valence-electron chi connectivity index (χ2n) is 3.93. The van der Waals surface area contributed by atoms with E-state index in [1.54, 1.807) is 12.1 Å². The highest BCUT2D eigenvalue weighted by atomic mass is 127. The van der Waals surface area contributed by atoms with Gasteiger partial charge in [0.05, 0.1) is 18.1 Å². The van der Waals surface area contributed by atoms with Gasteiger partial charge in [-0.3, -0.25) is 0 Å². The van der Waals surface area contributed by atoms with Crippen molar-refractivity contribution in [2.45, 2.75) is 11.8 Å². The Labute approximate surface area is 115 Å². The topological polar surface area (TPSA) is 46.6 Å². The fraction of sp³-hybridized carbons (Fsp3) is 0.455. The molecule has 0 bridgehead atoms. The zero-order valence-corrected chi connectivity index (χ0v) is 12.5. The minimum Gasteiger partial charge on any atom is -0.379 e. The summed E-state index contributed by atoms with van der Waals surface area (Å²) in [5.41, 5.74) is 0.986. The predicted molar refractivity (Wildman–Crippen MR) is 73.5 cm³/mol. The van der Waals surface area contributed by atoms with Gasteiger partial charge in [-0.25, -0.2) is 8.42 Å². The molecule has 0 saturated carbocycles. The molecular weight excluding hydrogens is 353 g/mol. The van der Waals surface area contributed by atoms with Gasteiger partial charge in [-0.1, -0.05) is 0 Å². The first-order valence-corrected chi connectivity index (χ1v) is 7.88. The van der Waals surface area contributed by atoms with E-state index in [0.717, 1.165) is 9.13 Å². The van der Waals surface area contributed by atoms with Crippen molar-refractivity contribution >= 4 is 32.6 Å². The first-order valence-electron chi connectivity index (χ1n) is 5.36. The van der Waals surface area contributed by atoms with Gasteiger partial charge in [0.1, 0.15) is 0 Å². The Kier molecular flexibility index (Phi) is 4.06. The van der Waals surface area contributed by atoms with Crippen molar-refractivity contribution in [1.29, 1.82) is 0 Å². The maximum atomic E-state index is 12.3. The largest absolute Gasteiger partial charge is 0.379 e. The predicted octanol–water partition coefficient (Wildman–Crippen LogP) is 1.62. The van der Waals surface area contributed by atoms with Crippen molar-refractivity contribution in [2.75, 3.05) is 26.3 Å². The van der Waals surface area contributed by atoms with E-state index in [1.165, 1.54) is 4.31 Å². The number of morpholine rings is 1. The molecule has 1 aliphatic heterocycles. The molecule has 0 aromatic heterocycles. The van der Waals surface area contributed by atoms with Gasteiger partial charge in [0.2, 0.25) is 10.0 Å². The molecule has 0 amide bonds. The van der Waals surface area contributed by atoms with E-state index in [0.29, 0.717) is 31.2 Å².